The zero-order valence-corrected chi connectivity index (χ0v) is 33.6. The Kier molecular flexibility index (Phi) is 9.26. The van der Waals surface area contributed by atoms with Gasteiger partial charge in [0.15, 0.2) is 0 Å². The first-order valence-corrected chi connectivity index (χ1v) is 21.0. The number of para-hydroxylation sites is 2. The van der Waals surface area contributed by atoms with E-state index < -0.39 is 0 Å². The summed E-state index contributed by atoms with van der Waals surface area (Å²) < 4.78 is 0. The van der Waals surface area contributed by atoms with Gasteiger partial charge in [0.2, 0.25) is 0 Å². The Hall–Kier alpha value is -8.00. The van der Waals surface area contributed by atoms with Crippen LogP contribution in [0.2, 0.25) is 0 Å². The van der Waals surface area contributed by atoms with Crippen molar-refractivity contribution in [1.82, 2.24) is 0 Å². The molecule has 0 bridgehead atoms. The second-order valence-electron chi connectivity index (χ2n) is 15.6. The molecule has 286 valence electrons. The Labute approximate surface area is 357 Å². The van der Waals surface area contributed by atoms with Crippen LogP contribution in [0, 0.1) is 0 Å². The molecule has 61 heavy (non-hydrogen) atoms. The largest absolute Gasteiger partial charge is 0.309 e. The fraction of sp³-hybridized carbons (Fsp3) is 0. The highest BCUT2D eigenvalue weighted by Crippen LogP contribution is 2.50. The molecule has 0 aliphatic heterocycles. The number of hydrogen-bond acceptors (Lipinski definition) is 1. The molecule has 0 heterocycles. The van der Waals surface area contributed by atoms with Crippen molar-refractivity contribution in [3.63, 3.8) is 0 Å². The summed E-state index contributed by atoms with van der Waals surface area (Å²) in [6, 6.07) is 90.6. The zero-order valence-electron chi connectivity index (χ0n) is 33.6. The summed E-state index contributed by atoms with van der Waals surface area (Å²) in [5.74, 6) is 0. The first-order chi connectivity index (χ1) is 30.3. The molecule has 1 nitrogen and oxygen atoms in total. The van der Waals surface area contributed by atoms with Crippen molar-refractivity contribution in [2.45, 2.75) is 0 Å². The zero-order chi connectivity index (χ0) is 40.5. The molecule has 0 spiro atoms. The summed E-state index contributed by atoms with van der Waals surface area (Å²) in [5, 5.41) is 7.49. The lowest BCUT2D eigenvalue weighted by molar-refractivity contribution is 1.28. The Balaban J connectivity index is 1.17. The maximum atomic E-state index is 2.46. The number of nitrogens with zero attached hydrogens (tertiary/aromatic N) is 1. The van der Waals surface area contributed by atoms with E-state index in [0.717, 1.165) is 39.3 Å². The van der Waals surface area contributed by atoms with Crippen LogP contribution in [0.1, 0.15) is 0 Å². The molecule has 0 aliphatic rings. The molecule has 11 aromatic carbocycles. The standard InChI is InChI=1S/C60H41N/c1-4-18-43(19-5-1)55-41-59(56(44-20-6-2-7-21-44)40-57(55)54-32-17-25-48-39-38-45-23-11-13-30-53(45)60(48)54)61(49-26-8-3-9-27-49)58-33-15-14-29-52(58)47-36-34-46(35-37-47)51-31-16-24-42-22-10-12-28-50(42)51/h1-41H. The van der Waals surface area contributed by atoms with Crippen LogP contribution in [0.5, 0.6) is 0 Å². The van der Waals surface area contributed by atoms with Gasteiger partial charge in [-0.05, 0) is 107 Å². The quantitative estimate of drug-likeness (QED) is 0.139. The van der Waals surface area contributed by atoms with Crippen LogP contribution < -0.4 is 4.90 Å². The van der Waals surface area contributed by atoms with Crippen molar-refractivity contribution < 1.29 is 0 Å². The topological polar surface area (TPSA) is 3.24 Å². The SMILES string of the molecule is c1ccc(-c2cc(N(c3ccccc3)c3ccccc3-c3ccc(-c4cccc5ccccc45)cc3)c(-c3ccccc3)cc2-c2cccc3ccc4ccccc4c23)cc1. The first-order valence-electron chi connectivity index (χ1n) is 21.0. The summed E-state index contributed by atoms with van der Waals surface area (Å²) in [4.78, 5) is 2.46. The molecule has 0 aliphatic carbocycles. The Morgan fingerprint density at radius 2 is 0.705 bits per heavy atom. The van der Waals surface area contributed by atoms with Gasteiger partial charge in [-0.1, -0.05) is 218 Å². The molecule has 0 aromatic heterocycles. The van der Waals surface area contributed by atoms with Crippen molar-refractivity contribution in [2.75, 3.05) is 4.90 Å². The lowest BCUT2D eigenvalue weighted by atomic mass is 9.86. The third kappa shape index (κ3) is 6.63. The smallest absolute Gasteiger partial charge is 0.0546 e. The van der Waals surface area contributed by atoms with Crippen LogP contribution in [0.4, 0.5) is 17.1 Å². The van der Waals surface area contributed by atoms with Gasteiger partial charge < -0.3 is 4.90 Å². The van der Waals surface area contributed by atoms with Gasteiger partial charge in [-0.3, -0.25) is 0 Å². The first kappa shape index (κ1) is 36.1. The van der Waals surface area contributed by atoms with Gasteiger partial charge in [0.25, 0.3) is 0 Å². The van der Waals surface area contributed by atoms with E-state index in [1.165, 1.54) is 65.7 Å². The normalized spacial score (nSPS) is 11.3. The van der Waals surface area contributed by atoms with E-state index in [0.29, 0.717) is 0 Å². The van der Waals surface area contributed by atoms with Crippen LogP contribution in [-0.4, -0.2) is 0 Å². The third-order valence-electron chi connectivity index (χ3n) is 12.1. The van der Waals surface area contributed by atoms with Crippen LogP contribution in [0.15, 0.2) is 249 Å². The number of anilines is 3. The van der Waals surface area contributed by atoms with Crippen molar-refractivity contribution in [3.8, 4) is 55.6 Å². The molecule has 0 unspecified atom stereocenters. The highest BCUT2D eigenvalue weighted by atomic mass is 15.1. The van der Waals surface area contributed by atoms with E-state index in [4.69, 9.17) is 0 Å². The third-order valence-corrected chi connectivity index (χ3v) is 12.1. The molecule has 0 N–H and O–H groups in total. The molecule has 0 radical (unpaired) electrons. The number of fused-ring (bicyclic) bond motifs is 4. The number of benzene rings is 11. The minimum Gasteiger partial charge on any atom is -0.309 e. The number of hydrogen-bond donors (Lipinski definition) is 0. The van der Waals surface area contributed by atoms with Gasteiger partial charge in [-0.2, -0.15) is 0 Å². The highest BCUT2D eigenvalue weighted by molar-refractivity contribution is 6.16. The molecule has 11 rings (SSSR count). The lowest BCUT2D eigenvalue weighted by Gasteiger charge is -2.31. The van der Waals surface area contributed by atoms with E-state index in [9.17, 15) is 0 Å². The Morgan fingerprint density at radius 3 is 1.43 bits per heavy atom. The van der Waals surface area contributed by atoms with Crippen molar-refractivity contribution in [3.05, 3.63) is 249 Å². The molecular formula is C60H41N. The molecule has 0 fully saturated rings. The fourth-order valence-electron chi connectivity index (χ4n) is 9.19. The van der Waals surface area contributed by atoms with E-state index in [-0.39, 0.29) is 0 Å². The summed E-state index contributed by atoms with van der Waals surface area (Å²) in [5.41, 5.74) is 15.1. The lowest BCUT2D eigenvalue weighted by Crippen LogP contribution is -2.13. The maximum absolute atomic E-state index is 2.46. The van der Waals surface area contributed by atoms with Crippen LogP contribution in [0.3, 0.4) is 0 Å². The maximum Gasteiger partial charge on any atom is 0.0546 e. The van der Waals surface area contributed by atoms with E-state index in [2.05, 4.69) is 254 Å². The monoisotopic (exact) mass is 775 g/mol. The molecule has 1 heteroatoms. The Bertz CT molecular complexity index is 3330. The molecule has 0 saturated heterocycles. The van der Waals surface area contributed by atoms with E-state index in [1.54, 1.807) is 0 Å². The van der Waals surface area contributed by atoms with Gasteiger partial charge in [0.05, 0.1) is 11.4 Å². The molecule has 0 atom stereocenters. The molecule has 11 aromatic rings. The van der Waals surface area contributed by atoms with Crippen LogP contribution >= 0.6 is 0 Å². The minimum atomic E-state index is 1.09. The average Bonchev–Trinajstić information content (AvgIpc) is 3.34. The summed E-state index contributed by atoms with van der Waals surface area (Å²) in [7, 11) is 0. The fourth-order valence-corrected chi connectivity index (χ4v) is 9.19. The molecule has 0 saturated carbocycles. The highest BCUT2D eigenvalue weighted by Gasteiger charge is 2.24. The summed E-state index contributed by atoms with van der Waals surface area (Å²) in [6.07, 6.45) is 0. The van der Waals surface area contributed by atoms with Gasteiger partial charge in [-0.15, -0.1) is 0 Å². The second-order valence-corrected chi connectivity index (χ2v) is 15.6. The van der Waals surface area contributed by atoms with Crippen molar-refractivity contribution in [2.24, 2.45) is 0 Å². The average molecular weight is 776 g/mol. The summed E-state index contributed by atoms with van der Waals surface area (Å²) >= 11 is 0. The van der Waals surface area contributed by atoms with Crippen LogP contribution in [0.25, 0.3) is 88.0 Å². The van der Waals surface area contributed by atoms with Gasteiger partial charge >= 0.3 is 0 Å². The van der Waals surface area contributed by atoms with Gasteiger partial charge in [0.1, 0.15) is 0 Å². The van der Waals surface area contributed by atoms with Gasteiger partial charge in [0, 0.05) is 16.8 Å². The summed E-state index contributed by atoms with van der Waals surface area (Å²) in [6.45, 7) is 0. The number of rotatable bonds is 8. The van der Waals surface area contributed by atoms with Crippen molar-refractivity contribution in [1.29, 1.82) is 0 Å². The molecular weight excluding hydrogens is 735 g/mol. The molecule has 0 amide bonds. The Morgan fingerprint density at radius 1 is 0.230 bits per heavy atom. The minimum absolute atomic E-state index is 1.09. The predicted molar refractivity (Wildman–Crippen MR) is 261 cm³/mol. The second kappa shape index (κ2) is 15.6. The van der Waals surface area contributed by atoms with E-state index >= 15 is 0 Å². The van der Waals surface area contributed by atoms with Crippen molar-refractivity contribution >= 4 is 49.4 Å². The van der Waals surface area contributed by atoms with Crippen LogP contribution in [-0.2, 0) is 0 Å². The van der Waals surface area contributed by atoms with Gasteiger partial charge in [-0.25, -0.2) is 0 Å². The van der Waals surface area contributed by atoms with E-state index in [1.807, 2.05) is 0 Å². The predicted octanol–water partition coefficient (Wildman–Crippen LogP) is 17.0.